The van der Waals surface area contributed by atoms with E-state index in [4.69, 9.17) is 4.98 Å². The van der Waals surface area contributed by atoms with Gasteiger partial charge in [-0.25, -0.2) is 4.98 Å². The molecule has 0 aliphatic rings. The Labute approximate surface area is 203 Å². The number of nitrogens with zero attached hydrogens (tertiary/aromatic N) is 2. The van der Waals surface area contributed by atoms with Gasteiger partial charge in [-0.3, -0.25) is 0 Å². The highest BCUT2D eigenvalue weighted by Crippen LogP contribution is 2.34. The molecule has 1 aromatic heterocycles. The van der Waals surface area contributed by atoms with Gasteiger partial charge in [-0.05, 0) is 59.5 Å². The lowest BCUT2D eigenvalue weighted by Crippen LogP contribution is -2.09. The Morgan fingerprint density at radius 1 is 0.559 bits per heavy atom. The maximum absolute atomic E-state index is 4.90. The van der Waals surface area contributed by atoms with Crippen LogP contribution in [0.5, 0.6) is 0 Å². The van der Waals surface area contributed by atoms with Crippen LogP contribution in [0.4, 0.5) is 17.1 Å². The minimum atomic E-state index is 1.02. The number of para-hydroxylation sites is 2. The third kappa shape index (κ3) is 3.98. The molecule has 0 saturated heterocycles. The predicted molar refractivity (Wildman–Crippen MR) is 147 cm³/mol. The maximum Gasteiger partial charge on any atom is 0.117 e. The fourth-order valence-corrected chi connectivity index (χ4v) is 5.14. The highest BCUT2D eigenvalue weighted by Gasteiger charge is 2.11. The van der Waals surface area contributed by atoms with E-state index >= 15 is 0 Å². The van der Waals surface area contributed by atoms with Crippen molar-refractivity contribution in [2.45, 2.75) is 0 Å². The van der Waals surface area contributed by atoms with Crippen LogP contribution in [0.25, 0.3) is 33.1 Å². The van der Waals surface area contributed by atoms with Crippen LogP contribution in [0.15, 0.2) is 121 Å². The summed E-state index contributed by atoms with van der Waals surface area (Å²) in [6.07, 6.45) is 4.25. The molecular formula is C31H22N2S. The van der Waals surface area contributed by atoms with Gasteiger partial charge in [0.2, 0.25) is 0 Å². The molecule has 0 bridgehead atoms. The Kier molecular flexibility index (Phi) is 5.38. The Morgan fingerprint density at radius 2 is 1.18 bits per heavy atom. The van der Waals surface area contributed by atoms with E-state index in [1.807, 2.05) is 12.1 Å². The lowest BCUT2D eigenvalue weighted by molar-refractivity contribution is 1.28. The third-order valence-electron chi connectivity index (χ3n) is 5.90. The largest absolute Gasteiger partial charge is 0.311 e. The van der Waals surface area contributed by atoms with E-state index in [9.17, 15) is 0 Å². The molecule has 0 amide bonds. The molecule has 0 radical (unpaired) electrons. The average molecular weight is 455 g/mol. The highest BCUT2D eigenvalue weighted by atomic mass is 32.1. The molecule has 0 fully saturated rings. The second kappa shape index (κ2) is 8.97. The highest BCUT2D eigenvalue weighted by molar-refractivity contribution is 7.19. The molecule has 162 valence electrons. The summed E-state index contributed by atoms with van der Waals surface area (Å²) in [6, 6.07) is 42.4. The molecule has 0 atom stereocenters. The predicted octanol–water partition coefficient (Wildman–Crippen LogP) is 9.09. The first-order valence-electron chi connectivity index (χ1n) is 11.3. The summed E-state index contributed by atoms with van der Waals surface area (Å²) in [5.74, 6) is 0. The van der Waals surface area contributed by atoms with E-state index in [1.165, 1.54) is 15.5 Å². The summed E-state index contributed by atoms with van der Waals surface area (Å²) in [5.41, 5.74) is 5.63. The summed E-state index contributed by atoms with van der Waals surface area (Å²) in [6.45, 7) is 0. The zero-order chi connectivity index (χ0) is 22.7. The molecule has 34 heavy (non-hydrogen) atoms. The van der Waals surface area contributed by atoms with Crippen molar-refractivity contribution in [1.29, 1.82) is 0 Å². The molecule has 5 aromatic carbocycles. The Balaban J connectivity index is 1.30. The van der Waals surface area contributed by atoms with E-state index in [2.05, 4.69) is 126 Å². The average Bonchev–Trinajstić information content (AvgIpc) is 3.34. The van der Waals surface area contributed by atoms with E-state index in [-0.39, 0.29) is 0 Å². The van der Waals surface area contributed by atoms with Gasteiger partial charge in [-0.15, -0.1) is 11.3 Å². The second-order valence-corrected chi connectivity index (χ2v) is 9.18. The molecule has 3 heteroatoms. The first kappa shape index (κ1) is 20.4. The molecule has 0 N–H and O–H groups in total. The molecule has 0 unspecified atom stereocenters. The number of hydrogen-bond donors (Lipinski definition) is 0. The lowest BCUT2D eigenvalue weighted by atomic mass is 10.1. The minimum Gasteiger partial charge on any atom is -0.311 e. The van der Waals surface area contributed by atoms with Crippen molar-refractivity contribution in [3.05, 3.63) is 132 Å². The van der Waals surface area contributed by atoms with Crippen molar-refractivity contribution in [2.24, 2.45) is 0 Å². The van der Waals surface area contributed by atoms with Crippen molar-refractivity contribution in [3.8, 4) is 0 Å². The molecule has 6 rings (SSSR count). The molecule has 0 aliphatic heterocycles. The van der Waals surface area contributed by atoms with Gasteiger partial charge < -0.3 is 4.90 Å². The van der Waals surface area contributed by atoms with Crippen LogP contribution >= 0.6 is 11.3 Å². The monoisotopic (exact) mass is 454 g/mol. The smallest absolute Gasteiger partial charge is 0.117 e. The Morgan fingerprint density at radius 3 is 1.88 bits per heavy atom. The van der Waals surface area contributed by atoms with Crippen LogP contribution in [-0.4, -0.2) is 4.98 Å². The van der Waals surface area contributed by atoms with Crippen LogP contribution in [0.3, 0.4) is 0 Å². The summed E-state index contributed by atoms with van der Waals surface area (Å²) in [7, 11) is 0. The van der Waals surface area contributed by atoms with Crippen LogP contribution in [0, 0.1) is 0 Å². The van der Waals surface area contributed by atoms with Gasteiger partial charge >= 0.3 is 0 Å². The Hall–Kier alpha value is -4.21. The second-order valence-electron chi connectivity index (χ2n) is 8.12. The summed E-state index contributed by atoms with van der Waals surface area (Å²) >= 11 is 1.73. The van der Waals surface area contributed by atoms with E-state index in [1.54, 1.807) is 11.3 Å². The van der Waals surface area contributed by atoms with Crippen molar-refractivity contribution in [3.63, 3.8) is 0 Å². The zero-order valence-electron chi connectivity index (χ0n) is 18.5. The number of anilines is 3. The van der Waals surface area contributed by atoms with Gasteiger partial charge in [0.25, 0.3) is 0 Å². The fraction of sp³-hybridized carbons (Fsp3) is 0. The maximum atomic E-state index is 4.90. The molecule has 0 saturated carbocycles. The van der Waals surface area contributed by atoms with Crippen molar-refractivity contribution in [2.75, 3.05) is 4.90 Å². The molecule has 2 nitrogen and oxygen atoms in total. The topological polar surface area (TPSA) is 16.1 Å². The van der Waals surface area contributed by atoms with Crippen molar-refractivity contribution in [1.82, 2.24) is 4.98 Å². The molecular weight excluding hydrogens is 432 g/mol. The van der Waals surface area contributed by atoms with Crippen LogP contribution in [-0.2, 0) is 0 Å². The van der Waals surface area contributed by atoms with Crippen molar-refractivity contribution < 1.29 is 0 Å². The summed E-state index contributed by atoms with van der Waals surface area (Å²) in [4.78, 5) is 7.17. The fourth-order valence-electron chi connectivity index (χ4n) is 4.25. The molecule has 0 aliphatic carbocycles. The zero-order valence-corrected chi connectivity index (χ0v) is 19.3. The van der Waals surface area contributed by atoms with E-state index < -0.39 is 0 Å². The first-order chi connectivity index (χ1) is 16.8. The summed E-state index contributed by atoms with van der Waals surface area (Å²) in [5, 5.41) is 3.46. The van der Waals surface area contributed by atoms with Gasteiger partial charge in [-0.1, -0.05) is 84.9 Å². The number of benzene rings is 5. The molecule has 1 heterocycles. The quantitative estimate of drug-likeness (QED) is 0.258. The summed E-state index contributed by atoms with van der Waals surface area (Å²) < 4.78 is 1.22. The van der Waals surface area contributed by atoms with Gasteiger partial charge in [0.15, 0.2) is 0 Å². The third-order valence-corrected chi connectivity index (χ3v) is 6.88. The first-order valence-corrected chi connectivity index (χ1v) is 12.1. The van der Waals surface area contributed by atoms with E-state index in [0.717, 1.165) is 33.1 Å². The van der Waals surface area contributed by atoms with Crippen LogP contribution in [0.1, 0.15) is 10.6 Å². The number of fused-ring (bicyclic) bond motifs is 3. The lowest BCUT2D eigenvalue weighted by Gasteiger charge is -2.25. The standard InChI is InChI=1S/C31H22N2S/c1-3-10-25(11-4-1)33(26-12-5-2-6-13-26)27-19-15-23(16-20-27)17-22-30-32-31-28-14-8-7-9-24(28)18-21-29(31)34-30/h1-22H/b22-17+. The Bertz CT molecular complexity index is 1540. The number of rotatable bonds is 5. The van der Waals surface area contributed by atoms with E-state index in [0.29, 0.717) is 0 Å². The van der Waals surface area contributed by atoms with Gasteiger partial charge in [0.05, 0.1) is 10.2 Å². The van der Waals surface area contributed by atoms with Crippen LogP contribution < -0.4 is 4.90 Å². The van der Waals surface area contributed by atoms with Crippen LogP contribution in [0.2, 0.25) is 0 Å². The number of aromatic nitrogens is 1. The normalized spacial score (nSPS) is 11.4. The van der Waals surface area contributed by atoms with Gasteiger partial charge in [-0.2, -0.15) is 0 Å². The van der Waals surface area contributed by atoms with Gasteiger partial charge in [0.1, 0.15) is 5.01 Å². The molecule has 0 spiro atoms. The number of thiazole rings is 1. The SMILES string of the molecule is C(=C\c1nc2c(ccc3ccccc32)s1)/c1ccc(N(c2ccccc2)c2ccccc2)cc1. The molecule has 6 aromatic rings. The van der Waals surface area contributed by atoms with Crippen molar-refractivity contribution >= 4 is 61.5 Å². The minimum absolute atomic E-state index is 1.02. The number of hydrogen-bond acceptors (Lipinski definition) is 3. The van der Waals surface area contributed by atoms with Gasteiger partial charge in [0, 0.05) is 22.4 Å².